The normalized spacial score (nSPS) is 53.3. The van der Waals surface area contributed by atoms with E-state index in [-0.39, 0.29) is 0 Å². The van der Waals surface area contributed by atoms with Crippen LogP contribution in [0.15, 0.2) is 0 Å². The standard InChI is InChI=1S/C13H22/c1-12(2,3)13-7-9-4-10(8-13)6-11(13)5-9/h9-11H,4-8H2,1-3H3. The van der Waals surface area contributed by atoms with Gasteiger partial charge in [-0.05, 0) is 60.7 Å². The van der Waals surface area contributed by atoms with Crippen molar-refractivity contribution in [3.63, 3.8) is 0 Å². The van der Waals surface area contributed by atoms with Gasteiger partial charge in [0.15, 0.2) is 0 Å². The van der Waals surface area contributed by atoms with E-state index >= 15 is 0 Å². The van der Waals surface area contributed by atoms with Gasteiger partial charge in [-0.1, -0.05) is 20.8 Å². The van der Waals surface area contributed by atoms with Gasteiger partial charge in [0.2, 0.25) is 0 Å². The first kappa shape index (κ1) is 8.32. The van der Waals surface area contributed by atoms with E-state index in [9.17, 15) is 0 Å². The third-order valence-electron chi connectivity index (χ3n) is 5.48. The maximum absolute atomic E-state index is 2.48. The molecule has 0 heteroatoms. The molecule has 0 aromatic carbocycles. The minimum absolute atomic E-state index is 0.571. The molecule has 0 amide bonds. The average Bonchev–Trinajstić information content (AvgIpc) is 2.35. The van der Waals surface area contributed by atoms with E-state index in [2.05, 4.69) is 20.8 Å². The van der Waals surface area contributed by atoms with E-state index in [1.165, 1.54) is 0 Å². The fourth-order valence-electron chi connectivity index (χ4n) is 5.02. The summed E-state index contributed by atoms with van der Waals surface area (Å²) in [6.45, 7) is 7.45. The first-order chi connectivity index (χ1) is 6.01. The Morgan fingerprint density at radius 3 is 1.85 bits per heavy atom. The average molecular weight is 178 g/mol. The molecule has 4 rings (SSSR count). The van der Waals surface area contributed by atoms with Gasteiger partial charge in [-0.25, -0.2) is 0 Å². The van der Waals surface area contributed by atoms with Crippen molar-refractivity contribution in [1.29, 1.82) is 0 Å². The number of rotatable bonds is 0. The van der Waals surface area contributed by atoms with Crippen LogP contribution in [0.25, 0.3) is 0 Å². The van der Waals surface area contributed by atoms with E-state index in [0.717, 1.165) is 23.2 Å². The maximum atomic E-state index is 2.48. The predicted octanol–water partition coefficient (Wildman–Crippen LogP) is 3.86. The van der Waals surface area contributed by atoms with E-state index in [4.69, 9.17) is 0 Å². The van der Waals surface area contributed by atoms with Gasteiger partial charge in [-0.3, -0.25) is 0 Å². The van der Waals surface area contributed by atoms with Gasteiger partial charge < -0.3 is 0 Å². The van der Waals surface area contributed by atoms with Gasteiger partial charge in [0.05, 0.1) is 0 Å². The molecule has 4 fully saturated rings. The van der Waals surface area contributed by atoms with Crippen LogP contribution in [-0.4, -0.2) is 0 Å². The molecule has 0 N–H and O–H groups in total. The second-order valence-electron chi connectivity index (χ2n) is 6.95. The van der Waals surface area contributed by atoms with E-state index in [1.807, 2.05) is 0 Å². The Balaban J connectivity index is 2.01. The summed E-state index contributed by atoms with van der Waals surface area (Å²) in [6, 6.07) is 0. The van der Waals surface area contributed by atoms with E-state index < -0.39 is 0 Å². The van der Waals surface area contributed by atoms with Crippen LogP contribution in [0.5, 0.6) is 0 Å². The summed E-state index contributed by atoms with van der Waals surface area (Å²) in [5.74, 6) is 3.35. The van der Waals surface area contributed by atoms with Crippen molar-refractivity contribution in [2.24, 2.45) is 28.6 Å². The first-order valence-electron chi connectivity index (χ1n) is 6.01. The van der Waals surface area contributed by atoms with Crippen LogP contribution in [0.2, 0.25) is 0 Å². The minimum atomic E-state index is 0.571. The number of hydrogen-bond acceptors (Lipinski definition) is 0. The fraction of sp³-hybridized carbons (Fsp3) is 1.00. The molecule has 0 spiro atoms. The molecule has 2 unspecified atom stereocenters. The molecule has 0 heterocycles. The molecule has 0 aromatic heterocycles. The fourth-order valence-corrected chi connectivity index (χ4v) is 5.02. The van der Waals surface area contributed by atoms with Crippen molar-refractivity contribution in [2.45, 2.75) is 52.9 Å². The lowest BCUT2D eigenvalue weighted by atomic mass is 9.60. The molecule has 74 valence electrons. The lowest BCUT2D eigenvalue weighted by Crippen LogP contribution is -2.36. The Morgan fingerprint density at radius 1 is 0.923 bits per heavy atom. The Labute approximate surface area is 82.1 Å². The third-order valence-corrected chi connectivity index (χ3v) is 5.48. The van der Waals surface area contributed by atoms with Crippen LogP contribution >= 0.6 is 0 Å². The molecule has 0 nitrogen and oxygen atoms in total. The Morgan fingerprint density at radius 2 is 1.46 bits per heavy atom. The molecular weight excluding hydrogens is 156 g/mol. The lowest BCUT2D eigenvalue weighted by molar-refractivity contribution is 0.0472. The van der Waals surface area contributed by atoms with Gasteiger partial charge in [0.25, 0.3) is 0 Å². The van der Waals surface area contributed by atoms with Crippen molar-refractivity contribution in [2.75, 3.05) is 0 Å². The summed E-state index contributed by atoms with van der Waals surface area (Å²) in [5, 5.41) is 0. The van der Waals surface area contributed by atoms with Crippen molar-refractivity contribution in [3.05, 3.63) is 0 Å². The van der Waals surface area contributed by atoms with Crippen LogP contribution in [0, 0.1) is 28.6 Å². The molecule has 0 radical (unpaired) electrons. The van der Waals surface area contributed by atoms with Crippen molar-refractivity contribution >= 4 is 0 Å². The summed E-state index contributed by atoms with van der Waals surface area (Å²) in [6.07, 6.45) is 7.87. The smallest absolute Gasteiger partial charge is 0.0215 e. The molecule has 0 saturated heterocycles. The first-order valence-corrected chi connectivity index (χ1v) is 6.01. The highest BCUT2D eigenvalue weighted by Gasteiger charge is 2.61. The molecule has 4 saturated carbocycles. The zero-order chi connectivity index (χ0) is 9.27. The maximum Gasteiger partial charge on any atom is -0.0215 e. The second-order valence-corrected chi connectivity index (χ2v) is 6.95. The summed E-state index contributed by atoms with van der Waals surface area (Å²) in [5.41, 5.74) is 1.34. The third kappa shape index (κ3) is 0.877. The summed E-state index contributed by atoms with van der Waals surface area (Å²) < 4.78 is 0. The Hall–Kier alpha value is 0. The Bertz CT molecular complexity index is 219. The molecule has 2 atom stereocenters. The van der Waals surface area contributed by atoms with Gasteiger partial charge in [-0.15, -0.1) is 0 Å². The van der Waals surface area contributed by atoms with E-state index in [1.54, 1.807) is 32.1 Å². The van der Waals surface area contributed by atoms with Crippen LogP contribution in [0.4, 0.5) is 0 Å². The molecule has 4 bridgehead atoms. The van der Waals surface area contributed by atoms with Gasteiger partial charge >= 0.3 is 0 Å². The predicted molar refractivity (Wildman–Crippen MR) is 55.4 cm³/mol. The topological polar surface area (TPSA) is 0 Å². The van der Waals surface area contributed by atoms with Crippen molar-refractivity contribution < 1.29 is 0 Å². The van der Waals surface area contributed by atoms with Gasteiger partial charge in [0.1, 0.15) is 0 Å². The summed E-state index contributed by atoms with van der Waals surface area (Å²) in [7, 11) is 0. The highest BCUT2D eigenvalue weighted by Crippen LogP contribution is 2.70. The molecule has 0 aliphatic heterocycles. The molecule has 4 aliphatic carbocycles. The summed E-state index contributed by atoms with van der Waals surface area (Å²) >= 11 is 0. The molecular formula is C13H22. The van der Waals surface area contributed by atoms with Crippen LogP contribution in [-0.2, 0) is 0 Å². The molecule has 4 aliphatic rings. The SMILES string of the molecule is CC(C)(C)C12CC3CC(CC1C3)C2. The van der Waals surface area contributed by atoms with E-state index in [0.29, 0.717) is 5.41 Å². The highest BCUT2D eigenvalue weighted by atomic mass is 14.7. The van der Waals surface area contributed by atoms with Crippen LogP contribution in [0.1, 0.15) is 52.9 Å². The lowest BCUT2D eigenvalue weighted by Gasteiger charge is -2.44. The van der Waals surface area contributed by atoms with Crippen molar-refractivity contribution in [3.8, 4) is 0 Å². The number of hydrogen-bond donors (Lipinski definition) is 0. The minimum Gasteiger partial charge on any atom is -0.0596 e. The quantitative estimate of drug-likeness (QED) is 0.528. The highest BCUT2D eigenvalue weighted by molar-refractivity contribution is 5.11. The zero-order valence-electron chi connectivity index (χ0n) is 9.27. The van der Waals surface area contributed by atoms with Crippen molar-refractivity contribution in [1.82, 2.24) is 0 Å². The molecule has 0 aromatic rings. The van der Waals surface area contributed by atoms with Gasteiger partial charge in [0, 0.05) is 0 Å². The van der Waals surface area contributed by atoms with Crippen LogP contribution < -0.4 is 0 Å². The molecule has 13 heavy (non-hydrogen) atoms. The largest absolute Gasteiger partial charge is 0.0596 e. The summed E-state index contributed by atoms with van der Waals surface area (Å²) in [4.78, 5) is 0. The monoisotopic (exact) mass is 178 g/mol. The zero-order valence-corrected chi connectivity index (χ0v) is 9.27. The second kappa shape index (κ2) is 2.15. The Kier molecular flexibility index (Phi) is 1.37. The van der Waals surface area contributed by atoms with Gasteiger partial charge in [-0.2, -0.15) is 0 Å². The van der Waals surface area contributed by atoms with Crippen LogP contribution in [0.3, 0.4) is 0 Å².